The SMILES string of the molecule is O=C(Nc1ccc([C@H]2CC[C@H](CC(=O)N3C[C@H](O)C[C@H]3C(=O)O)CC2)cc1)c1nnc(Nc2ccccc2F)o1. The molecule has 1 aromatic heterocycles. The Kier molecular flexibility index (Phi) is 8.06. The number of nitrogens with one attached hydrogen (secondary N) is 2. The van der Waals surface area contributed by atoms with Crippen LogP contribution in [0.15, 0.2) is 52.9 Å². The zero-order valence-electron chi connectivity index (χ0n) is 21.6. The van der Waals surface area contributed by atoms with E-state index >= 15 is 0 Å². The van der Waals surface area contributed by atoms with Crippen LogP contribution in [-0.4, -0.2) is 61.8 Å². The third-order valence-corrected chi connectivity index (χ3v) is 7.57. The van der Waals surface area contributed by atoms with Crippen LogP contribution in [0.5, 0.6) is 0 Å². The number of likely N-dealkylation sites (tertiary alicyclic amines) is 1. The van der Waals surface area contributed by atoms with Crippen molar-refractivity contribution in [2.75, 3.05) is 17.2 Å². The molecule has 0 spiro atoms. The molecule has 3 aromatic rings. The Morgan fingerprint density at radius 1 is 1.02 bits per heavy atom. The lowest BCUT2D eigenvalue weighted by Gasteiger charge is -2.30. The second-order valence-corrected chi connectivity index (χ2v) is 10.3. The third-order valence-electron chi connectivity index (χ3n) is 7.57. The molecule has 12 heteroatoms. The Hall–Kier alpha value is -4.32. The zero-order chi connectivity index (χ0) is 28.2. The van der Waals surface area contributed by atoms with Crippen molar-refractivity contribution in [1.82, 2.24) is 15.1 Å². The monoisotopic (exact) mass is 551 g/mol. The maximum Gasteiger partial charge on any atom is 0.326 e. The van der Waals surface area contributed by atoms with Crippen LogP contribution < -0.4 is 10.6 Å². The first-order chi connectivity index (χ1) is 19.3. The average molecular weight is 552 g/mol. The van der Waals surface area contributed by atoms with Crippen molar-refractivity contribution in [3.8, 4) is 0 Å². The number of aliphatic hydroxyl groups excluding tert-OH is 1. The molecule has 4 N–H and O–H groups in total. The maximum atomic E-state index is 13.8. The molecule has 0 radical (unpaired) electrons. The van der Waals surface area contributed by atoms with Gasteiger partial charge in [0.25, 0.3) is 0 Å². The minimum Gasteiger partial charge on any atom is -0.480 e. The number of aliphatic hydroxyl groups is 1. The summed E-state index contributed by atoms with van der Waals surface area (Å²) in [7, 11) is 0. The lowest BCUT2D eigenvalue weighted by molar-refractivity contribution is -0.148. The van der Waals surface area contributed by atoms with Gasteiger partial charge in [0.15, 0.2) is 0 Å². The highest BCUT2D eigenvalue weighted by Gasteiger charge is 2.39. The summed E-state index contributed by atoms with van der Waals surface area (Å²) in [6.07, 6.45) is 3.07. The van der Waals surface area contributed by atoms with E-state index in [-0.39, 0.29) is 42.4 Å². The van der Waals surface area contributed by atoms with Crippen molar-refractivity contribution >= 4 is 35.2 Å². The third kappa shape index (κ3) is 6.28. The number of hydrogen-bond donors (Lipinski definition) is 4. The van der Waals surface area contributed by atoms with E-state index in [9.17, 15) is 29.0 Å². The molecule has 1 aliphatic carbocycles. The standard InChI is InChI=1S/C28H30FN5O6/c29-21-3-1-2-4-22(21)31-28-33-32-26(40-28)25(37)30-19-11-9-18(10-12-19)17-7-5-16(6-8-17)13-24(36)34-15-20(35)14-23(34)27(38)39/h1-4,9-12,16-17,20,23,35H,5-8,13-15H2,(H,30,37)(H,31,33)(H,38,39)/t16-,17-,20-,23+/m1/s1. The number of aliphatic carboxylic acids is 1. The predicted octanol–water partition coefficient (Wildman–Crippen LogP) is 3.91. The first-order valence-electron chi connectivity index (χ1n) is 13.2. The van der Waals surface area contributed by atoms with Gasteiger partial charge in [0, 0.05) is 25.1 Å². The number of anilines is 3. The lowest BCUT2D eigenvalue weighted by atomic mass is 9.77. The lowest BCUT2D eigenvalue weighted by Crippen LogP contribution is -2.41. The van der Waals surface area contributed by atoms with Gasteiger partial charge < -0.3 is 30.2 Å². The number of rotatable bonds is 8. The second-order valence-electron chi connectivity index (χ2n) is 10.3. The summed E-state index contributed by atoms with van der Waals surface area (Å²) in [6, 6.07) is 12.4. The van der Waals surface area contributed by atoms with Crippen molar-refractivity contribution in [1.29, 1.82) is 0 Å². The number of carboxylic acid groups (broad SMARTS) is 1. The molecule has 2 heterocycles. The van der Waals surface area contributed by atoms with Crippen molar-refractivity contribution in [2.24, 2.45) is 5.92 Å². The summed E-state index contributed by atoms with van der Waals surface area (Å²) in [5.74, 6) is -2.14. The number of carbonyl (C=O) groups is 3. The van der Waals surface area contributed by atoms with E-state index in [4.69, 9.17) is 4.42 Å². The Labute approximate surface area is 229 Å². The van der Waals surface area contributed by atoms with Crippen LogP contribution in [0.25, 0.3) is 0 Å². The predicted molar refractivity (Wildman–Crippen MR) is 141 cm³/mol. The van der Waals surface area contributed by atoms with E-state index in [1.165, 1.54) is 17.0 Å². The molecule has 0 bridgehead atoms. The molecule has 11 nitrogen and oxygen atoms in total. The van der Waals surface area contributed by atoms with Crippen LogP contribution in [-0.2, 0) is 9.59 Å². The van der Waals surface area contributed by atoms with Gasteiger partial charge in [0.2, 0.25) is 5.91 Å². The van der Waals surface area contributed by atoms with Gasteiger partial charge in [-0.3, -0.25) is 9.59 Å². The van der Waals surface area contributed by atoms with Crippen LogP contribution in [0.3, 0.4) is 0 Å². The summed E-state index contributed by atoms with van der Waals surface area (Å²) < 4.78 is 19.1. The molecule has 2 fully saturated rings. The van der Waals surface area contributed by atoms with Gasteiger partial charge in [-0.15, -0.1) is 5.10 Å². The van der Waals surface area contributed by atoms with E-state index in [0.29, 0.717) is 18.0 Å². The first-order valence-corrected chi connectivity index (χ1v) is 13.2. The van der Waals surface area contributed by atoms with E-state index in [0.717, 1.165) is 31.2 Å². The van der Waals surface area contributed by atoms with E-state index in [2.05, 4.69) is 20.8 Å². The molecule has 1 saturated heterocycles. The number of benzene rings is 2. The fourth-order valence-corrected chi connectivity index (χ4v) is 5.45. The van der Waals surface area contributed by atoms with E-state index < -0.39 is 29.8 Å². The summed E-state index contributed by atoms with van der Waals surface area (Å²) in [6.45, 7) is 0.0756. The molecule has 2 aromatic carbocycles. The number of hydrogen-bond acceptors (Lipinski definition) is 8. The number of halogens is 1. The fourth-order valence-electron chi connectivity index (χ4n) is 5.45. The largest absolute Gasteiger partial charge is 0.480 e. The van der Waals surface area contributed by atoms with Gasteiger partial charge in [-0.05, 0) is 67.3 Å². The first kappa shape index (κ1) is 27.3. The molecule has 5 rings (SSSR count). The molecule has 40 heavy (non-hydrogen) atoms. The number of carboxylic acids is 1. The molecule has 2 aliphatic rings. The number of nitrogens with zero attached hydrogens (tertiary/aromatic N) is 3. The molecule has 1 saturated carbocycles. The number of β-amino-alcohol motifs (C(OH)–C–C–N with tert-alkyl or cyclic N) is 1. The maximum absolute atomic E-state index is 13.8. The Balaban J connectivity index is 1.10. The van der Waals surface area contributed by atoms with Crippen molar-refractivity contribution in [3.05, 3.63) is 65.8 Å². The summed E-state index contributed by atoms with van der Waals surface area (Å²) in [5, 5.41) is 32.0. The van der Waals surface area contributed by atoms with Gasteiger partial charge in [-0.25, -0.2) is 9.18 Å². The van der Waals surface area contributed by atoms with Crippen LogP contribution >= 0.6 is 0 Å². The average Bonchev–Trinajstić information content (AvgIpc) is 3.58. The number of para-hydroxylation sites is 1. The summed E-state index contributed by atoms with van der Waals surface area (Å²) >= 11 is 0. The number of aromatic nitrogens is 2. The molecular formula is C28H30FN5O6. The Morgan fingerprint density at radius 2 is 1.75 bits per heavy atom. The second kappa shape index (κ2) is 11.8. The van der Waals surface area contributed by atoms with Gasteiger partial charge in [-0.2, -0.15) is 0 Å². The Bertz CT molecular complexity index is 1370. The molecular weight excluding hydrogens is 521 g/mol. The van der Waals surface area contributed by atoms with E-state index in [1.807, 2.05) is 12.1 Å². The molecule has 210 valence electrons. The highest BCUT2D eigenvalue weighted by molar-refractivity contribution is 6.00. The van der Waals surface area contributed by atoms with Crippen LogP contribution in [0, 0.1) is 11.7 Å². The highest BCUT2D eigenvalue weighted by Crippen LogP contribution is 2.38. The topological polar surface area (TPSA) is 158 Å². The normalized spacial score (nSPS) is 22.6. The van der Waals surface area contributed by atoms with Gasteiger partial charge in [0.05, 0.1) is 11.8 Å². The Morgan fingerprint density at radius 3 is 2.45 bits per heavy atom. The minimum atomic E-state index is -1.08. The molecule has 0 unspecified atom stereocenters. The summed E-state index contributed by atoms with van der Waals surface area (Å²) in [4.78, 5) is 38.0. The number of amides is 2. The highest BCUT2D eigenvalue weighted by atomic mass is 19.1. The van der Waals surface area contributed by atoms with Crippen molar-refractivity contribution in [3.63, 3.8) is 0 Å². The quantitative estimate of drug-likeness (QED) is 0.326. The summed E-state index contributed by atoms with van der Waals surface area (Å²) in [5.41, 5.74) is 1.83. The smallest absolute Gasteiger partial charge is 0.326 e. The van der Waals surface area contributed by atoms with Crippen LogP contribution in [0.2, 0.25) is 0 Å². The van der Waals surface area contributed by atoms with Crippen molar-refractivity contribution < 1.29 is 33.4 Å². The van der Waals surface area contributed by atoms with Crippen molar-refractivity contribution in [2.45, 2.75) is 56.6 Å². The van der Waals surface area contributed by atoms with Crippen LogP contribution in [0.1, 0.15) is 60.7 Å². The molecule has 2 amide bonds. The van der Waals surface area contributed by atoms with E-state index in [1.54, 1.807) is 24.3 Å². The van der Waals surface area contributed by atoms with Gasteiger partial charge in [0.1, 0.15) is 11.9 Å². The zero-order valence-corrected chi connectivity index (χ0v) is 21.6. The number of carbonyl (C=O) groups excluding carboxylic acids is 2. The fraction of sp³-hybridized carbons (Fsp3) is 0.393. The molecule has 2 atom stereocenters. The van der Waals surface area contributed by atoms with Gasteiger partial charge in [-0.1, -0.05) is 29.4 Å². The van der Waals surface area contributed by atoms with Crippen LogP contribution in [0.4, 0.5) is 21.8 Å². The molecule has 1 aliphatic heterocycles. The van der Waals surface area contributed by atoms with Gasteiger partial charge >= 0.3 is 23.8 Å². The minimum absolute atomic E-state index is 0.0756.